The molecule has 8 heteroatoms. The number of aliphatic carboxylic acids is 1. The third-order valence-electron chi connectivity index (χ3n) is 3.63. The Kier molecular flexibility index (Phi) is 5.61. The maximum Gasteiger partial charge on any atom is 0.326 e. The largest absolute Gasteiger partial charge is 0.480 e. The number of halogens is 1. The molecular weight excluding hydrogens is 378 g/mol. The van der Waals surface area contributed by atoms with Crippen LogP contribution in [0.15, 0.2) is 28.7 Å². The SMILES string of the molecule is CC(=O)NCCN(C(=O)c1cc2cc(Br)ccc2[nH]1)C(C)C(=O)O. The molecule has 0 saturated heterocycles. The molecule has 2 aromatic rings. The van der Waals surface area contributed by atoms with Gasteiger partial charge < -0.3 is 20.3 Å². The van der Waals surface area contributed by atoms with Gasteiger partial charge in [-0.15, -0.1) is 0 Å². The van der Waals surface area contributed by atoms with Crippen molar-refractivity contribution in [2.24, 2.45) is 0 Å². The minimum atomic E-state index is -1.11. The monoisotopic (exact) mass is 395 g/mol. The van der Waals surface area contributed by atoms with Crippen LogP contribution in [0, 0.1) is 0 Å². The molecule has 3 N–H and O–H groups in total. The molecule has 24 heavy (non-hydrogen) atoms. The number of aromatic amines is 1. The van der Waals surface area contributed by atoms with E-state index in [1.807, 2.05) is 18.2 Å². The number of nitrogens with zero attached hydrogens (tertiary/aromatic N) is 1. The standard InChI is InChI=1S/C16H18BrN3O4/c1-9(16(23)24)20(6-5-18-10(2)21)15(22)14-8-11-7-12(17)3-4-13(11)19-14/h3-4,7-9,19H,5-6H2,1-2H3,(H,18,21)(H,23,24). The maximum atomic E-state index is 12.7. The highest BCUT2D eigenvalue weighted by atomic mass is 79.9. The number of hydrogen-bond donors (Lipinski definition) is 3. The molecule has 2 rings (SSSR count). The summed E-state index contributed by atoms with van der Waals surface area (Å²) in [7, 11) is 0. The van der Waals surface area contributed by atoms with Gasteiger partial charge in [0.1, 0.15) is 11.7 Å². The third kappa shape index (κ3) is 4.14. The molecule has 1 heterocycles. The summed E-state index contributed by atoms with van der Waals surface area (Å²) in [5.74, 6) is -1.77. The molecule has 0 bridgehead atoms. The molecule has 1 aromatic carbocycles. The van der Waals surface area contributed by atoms with Crippen molar-refractivity contribution in [1.82, 2.24) is 15.2 Å². The Bertz CT molecular complexity index is 787. The minimum Gasteiger partial charge on any atom is -0.480 e. The molecule has 0 radical (unpaired) electrons. The van der Waals surface area contributed by atoms with Crippen LogP contribution in [0.5, 0.6) is 0 Å². The fourth-order valence-electron chi connectivity index (χ4n) is 2.33. The molecule has 0 spiro atoms. The van der Waals surface area contributed by atoms with Crippen LogP contribution in [0.4, 0.5) is 0 Å². The van der Waals surface area contributed by atoms with Gasteiger partial charge in [-0.1, -0.05) is 15.9 Å². The molecule has 1 unspecified atom stereocenters. The van der Waals surface area contributed by atoms with Gasteiger partial charge in [-0.3, -0.25) is 9.59 Å². The molecular formula is C16H18BrN3O4. The number of carbonyl (C=O) groups excluding carboxylic acids is 2. The number of nitrogens with one attached hydrogen (secondary N) is 2. The van der Waals surface area contributed by atoms with E-state index in [-0.39, 0.29) is 19.0 Å². The minimum absolute atomic E-state index is 0.102. The average Bonchev–Trinajstić information content (AvgIpc) is 2.93. The zero-order valence-electron chi connectivity index (χ0n) is 13.3. The number of fused-ring (bicyclic) bond motifs is 1. The number of amides is 2. The highest BCUT2D eigenvalue weighted by Gasteiger charge is 2.27. The van der Waals surface area contributed by atoms with Crippen LogP contribution >= 0.6 is 15.9 Å². The number of carbonyl (C=O) groups is 3. The Hall–Kier alpha value is -2.35. The van der Waals surface area contributed by atoms with Gasteiger partial charge >= 0.3 is 5.97 Å². The topological polar surface area (TPSA) is 103 Å². The molecule has 0 fully saturated rings. The second-order valence-electron chi connectivity index (χ2n) is 5.41. The van der Waals surface area contributed by atoms with E-state index >= 15 is 0 Å². The van der Waals surface area contributed by atoms with E-state index in [2.05, 4.69) is 26.2 Å². The van der Waals surface area contributed by atoms with E-state index in [0.29, 0.717) is 5.69 Å². The first-order valence-electron chi connectivity index (χ1n) is 7.36. The smallest absolute Gasteiger partial charge is 0.326 e. The van der Waals surface area contributed by atoms with Crippen LogP contribution in [0.1, 0.15) is 24.3 Å². The maximum absolute atomic E-state index is 12.7. The molecule has 0 saturated carbocycles. The van der Waals surface area contributed by atoms with Gasteiger partial charge in [-0.2, -0.15) is 0 Å². The van der Waals surface area contributed by atoms with Crippen LogP contribution in [0.2, 0.25) is 0 Å². The van der Waals surface area contributed by atoms with Crippen LogP contribution in [-0.2, 0) is 9.59 Å². The molecule has 0 aliphatic heterocycles. The van der Waals surface area contributed by atoms with Gasteiger partial charge in [-0.25, -0.2) is 4.79 Å². The summed E-state index contributed by atoms with van der Waals surface area (Å²) in [6.07, 6.45) is 0. The number of carboxylic acids is 1. The quantitative estimate of drug-likeness (QED) is 0.695. The van der Waals surface area contributed by atoms with Gasteiger partial charge in [0.25, 0.3) is 5.91 Å². The van der Waals surface area contributed by atoms with Gasteiger partial charge in [0, 0.05) is 35.4 Å². The van der Waals surface area contributed by atoms with E-state index in [1.54, 1.807) is 6.07 Å². The van der Waals surface area contributed by atoms with Gasteiger partial charge in [0.2, 0.25) is 5.91 Å². The Labute approximate surface area is 147 Å². The lowest BCUT2D eigenvalue weighted by Crippen LogP contribution is -2.46. The zero-order chi connectivity index (χ0) is 17.9. The number of H-pyrrole nitrogens is 1. The summed E-state index contributed by atoms with van der Waals surface area (Å²) in [6.45, 7) is 3.09. The fourth-order valence-corrected chi connectivity index (χ4v) is 2.71. The number of rotatable bonds is 6. The van der Waals surface area contributed by atoms with Crippen molar-refractivity contribution in [2.45, 2.75) is 19.9 Å². The molecule has 2 amide bonds. The van der Waals surface area contributed by atoms with Crippen LogP contribution in [-0.4, -0.2) is 51.9 Å². The van der Waals surface area contributed by atoms with Crippen LogP contribution in [0.25, 0.3) is 10.9 Å². The normalized spacial score (nSPS) is 12.0. The van der Waals surface area contributed by atoms with Crippen molar-refractivity contribution in [3.63, 3.8) is 0 Å². The van der Waals surface area contributed by atoms with E-state index in [1.165, 1.54) is 18.7 Å². The van der Waals surface area contributed by atoms with Crippen molar-refractivity contribution >= 4 is 44.6 Å². The van der Waals surface area contributed by atoms with Gasteiger partial charge in [-0.05, 0) is 31.2 Å². The predicted molar refractivity (Wildman–Crippen MR) is 92.8 cm³/mol. The molecule has 1 aromatic heterocycles. The summed E-state index contributed by atoms with van der Waals surface area (Å²) in [4.78, 5) is 39.2. The first-order chi connectivity index (χ1) is 11.3. The summed E-state index contributed by atoms with van der Waals surface area (Å²) in [5.41, 5.74) is 1.09. The van der Waals surface area contributed by atoms with E-state index < -0.39 is 17.9 Å². The third-order valence-corrected chi connectivity index (χ3v) is 4.12. The molecule has 1 atom stereocenters. The summed E-state index contributed by atoms with van der Waals surface area (Å²) >= 11 is 3.37. The molecule has 0 aliphatic rings. The lowest BCUT2D eigenvalue weighted by molar-refractivity contribution is -0.141. The van der Waals surface area contributed by atoms with Crippen molar-refractivity contribution in [3.05, 3.63) is 34.4 Å². The van der Waals surface area contributed by atoms with Crippen molar-refractivity contribution < 1.29 is 19.5 Å². The van der Waals surface area contributed by atoms with Crippen LogP contribution in [0.3, 0.4) is 0 Å². The van der Waals surface area contributed by atoms with Crippen molar-refractivity contribution in [1.29, 1.82) is 0 Å². The number of hydrogen-bond acceptors (Lipinski definition) is 3. The molecule has 128 valence electrons. The highest BCUT2D eigenvalue weighted by molar-refractivity contribution is 9.10. The summed E-state index contributed by atoms with van der Waals surface area (Å²) in [6, 6.07) is 6.22. The highest BCUT2D eigenvalue weighted by Crippen LogP contribution is 2.21. The second kappa shape index (κ2) is 7.48. The van der Waals surface area contributed by atoms with Crippen molar-refractivity contribution in [3.8, 4) is 0 Å². The first-order valence-corrected chi connectivity index (χ1v) is 8.15. The lowest BCUT2D eigenvalue weighted by atomic mass is 10.2. The van der Waals surface area contributed by atoms with Crippen molar-refractivity contribution in [2.75, 3.05) is 13.1 Å². The number of benzene rings is 1. The predicted octanol–water partition coefficient (Wildman–Crippen LogP) is 1.98. The lowest BCUT2D eigenvalue weighted by Gasteiger charge is -2.26. The number of carboxylic acid groups (broad SMARTS) is 1. The Morgan fingerprint density at radius 1 is 1.33 bits per heavy atom. The second-order valence-corrected chi connectivity index (χ2v) is 6.33. The molecule has 7 nitrogen and oxygen atoms in total. The van der Waals surface area contributed by atoms with E-state index in [0.717, 1.165) is 15.4 Å². The zero-order valence-corrected chi connectivity index (χ0v) is 14.9. The fraction of sp³-hybridized carbons (Fsp3) is 0.312. The van der Waals surface area contributed by atoms with Crippen LogP contribution < -0.4 is 5.32 Å². The summed E-state index contributed by atoms with van der Waals surface area (Å²) in [5, 5.41) is 12.6. The average molecular weight is 396 g/mol. The Balaban J connectivity index is 2.26. The number of aromatic nitrogens is 1. The Morgan fingerprint density at radius 2 is 2.04 bits per heavy atom. The summed E-state index contributed by atoms with van der Waals surface area (Å²) < 4.78 is 0.884. The first kappa shape index (κ1) is 18.0. The van der Waals surface area contributed by atoms with Gasteiger partial charge in [0.15, 0.2) is 0 Å². The van der Waals surface area contributed by atoms with Gasteiger partial charge in [0.05, 0.1) is 0 Å². The molecule has 0 aliphatic carbocycles. The van der Waals surface area contributed by atoms with E-state index in [9.17, 15) is 19.5 Å². The van der Waals surface area contributed by atoms with E-state index in [4.69, 9.17) is 0 Å². The Morgan fingerprint density at radius 3 is 2.67 bits per heavy atom.